The summed E-state index contributed by atoms with van der Waals surface area (Å²) in [5, 5.41) is 11.8. The van der Waals surface area contributed by atoms with Crippen molar-refractivity contribution < 1.29 is 14.1 Å². The summed E-state index contributed by atoms with van der Waals surface area (Å²) in [7, 11) is 0. The molecule has 0 saturated carbocycles. The number of carbonyl (C=O) groups excluding carboxylic acids is 2. The number of aryl methyl sites for hydroxylation is 1. The maximum atomic E-state index is 14.3. The molecule has 5 aromatic rings. The fourth-order valence-electron chi connectivity index (χ4n) is 7.32. The third kappa shape index (κ3) is 8.52. The van der Waals surface area contributed by atoms with E-state index in [2.05, 4.69) is 85.0 Å². The first-order valence-electron chi connectivity index (χ1n) is 17.9. The number of carbonyl (C=O) groups is 2. The van der Waals surface area contributed by atoms with Gasteiger partial charge >= 0.3 is 0 Å². The predicted molar refractivity (Wildman–Crippen MR) is 201 cm³/mol. The van der Waals surface area contributed by atoms with Crippen LogP contribution in [-0.4, -0.2) is 70.6 Å². The molecule has 1 aromatic heterocycles. The molecule has 4 aromatic carbocycles. The average molecular weight is 675 g/mol. The van der Waals surface area contributed by atoms with Crippen LogP contribution in [0.15, 0.2) is 95.5 Å². The van der Waals surface area contributed by atoms with E-state index in [0.717, 1.165) is 51.2 Å². The second kappa shape index (κ2) is 15.9. The van der Waals surface area contributed by atoms with E-state index in [1.54, 1.807) is 0 Å². The summed E-state index contributed by atoms with van der Waals surface area (Å²) in [6, 6.07) is 29.0. The zero-order chi connectivity index (χ0) is 35.2. The molecule has 1 saturated heterocycles. The van der Waals surface area contributed by atoms with E-state index in [0.29, 0.717) is 50.7 Å². The summed E-state index contributed by atoms with van der Waals surface area (Å²) in [4.78, 5) is 32.4. The van der Waals surface area contributed by atoms with Gasteiger partial charge in [0.2, 0.25) is 17.7 Å². The van der Waals surface area contributed by atoms with Crippen molar-refractivity contribution in [2.75, 3.05) is 25.0 Å². The van der Waals surface area contributed by atoms with Crippen LogP contribution in [0.2, 0.25) is 0 Å². The summed E-state index contributed by atoms with van der Waals surface area (Å²) in [5.41, 5.74) is 16.3. The lowest BCUT2D eigenvalue weighted by Crippen LogP contribution is -2.65. The lowest BCUT2D eigenvalue weighted by molar-refractivity contribution is -0.149. The van der Waals surface area contributed by atoms with Crippen molar-refractivity contribution in [3.63, 3.8) is 0 Å². The molecular formula is C41H50N6O3. The van der Waals surface area contributed by atoms with Crippen LogP contribution in [0.3, 0.4) is 0 Å². The largest absolute Gasteiger partial charge is 0.354 e. The number of hydrogen-bond donors (Lipinski definition) is 3. The minimum atomic E-state index is -0.703. The number of benzene rings is 4. The normalized spacial score (nSPS) is 17.7. The van der Waals surface area contributed by atoms with E-state index in [1.807, 2.05) is 47.1 Å². The Morgan fingerprint density at radius 1 is 0.780 bits per heavy atom. The highest BCUT2D eigenvalue weighted by Gasteiger charge is 2.41. The van der Waals surface area contributed by atoms with E-state index in [-0.39, 0.29) is 23.9 Å². The number of anilines is 1. The Balaban J connectivity index is 1.20. The molecule has 6 rings (SSSR count). The molecule has 4 atom stereocenters. The highest BCUT2D eigenvalue weighted by Crippen LogP contribution is 2.27. The van der Waals surface area contributed by atoms with Gasteiger partial charge in [0, 0.05) is 37.8 Å². The highest BCUT2D eigenvalue weighted by molar-refractivity contribution is 5.87. The first-order chi connectivity index (χ1) is 24.1. The van der Waals surface area contributed by atoms with Crippen LogP contribution >= 0.6 is 0 Å². The molecule has 0 spiro atoms. The van der Waals surface area contributed by atoms with Gasteiger partial charge in [0.05, 0.1) is 17.8 Å². The minimum Gasteiger partial charge on any atom is -0.354 e. The Hall–Kier alpha value is -4.73. The molecule has 0 radical (unpaired) electrons. The molecule has 1 aliphatic rings. The van der Waals surface area contributed by atoms with Crippen LogP contribution in [0.1, 0.15) is 49.9 Å². The fourth-order valence-corrected chi connectivity index (χ4v) is 7.32. The maximum Gasteiger partial charge on any atom is 0.240 e. The Labute approximate surface area is 295 Å². The van der Waals surface area contributed by atoms with Crippen molar-refractivity contribution >= 4 is 39.2 Å². The van der Waals surface area contributed by atoms with Crippen LogP contribution < -0.4 is 16.8 Å². The molecule has 50 heavy (non-hydrogen) atoms. The molecule has 262 valence electrons. The van der Waals surface area contributed by atoms with Crippen LogP contribution in [0, 0.1) is 12.8 Å². The van der Waals surface area contributed by atoms with Gasteiger partial charge in [-0.05, 0) is 77.6 Å². The van der Waals surface area contributed by atoms with Crippen molar-refractivity contribution in [2.24, 2.45) is 17.4 Å². The molecule has 2 heterocycles. The smallest absolute Gasteiger partial charge is 0.240 e. The summed E-state index contributed by atoms with van der Waals surface area (Å²) in [6.45, 7) is 7.66. The zero-order valence-corrected chi connectivity index (χ0v) is 29.4. The zero-order valence-electron chi connectivity index (χ0n) is 29.4. The number of fused-ring (bicyclic) bond motifs is 2. The topological polar surface area (TPSA) is 131 Å². The maximum absolute atomic E-state index is 14.3. The molecule has 5 N–H and O–H groups in total. The lowest BCUT2D eigenvalue weighted by atomic mass is 9.93. The Morgan fingerprint density at radius 3 is 1.82 bits per heavy atom. The van der Waals surface area contributed by atoms with Gasteiger partial charge in [0.25, 0.3) is 0 Å². The molecule has 1 fully saturated rings. The standard InChI is InChI=1S/C41H50N6O3/c1-27(2)19-36-26-46(40(48)37(42)23-29-14-16-31-9-4-6-11-33(31)21-29)35(13-8-18-44-39-20-28(3)45-50-39)25-47(36)41(49)38(43)24-30-15-17-32-10-5-7-12-34(32)22-30/h4-7,9-12,14-17,20-22,27,35-38,44H,8,13,18-19,23-26,42-43H2,1-3H3/t35-,36+,37?,38?/m0/s1. The quantitative estimate of drug-likeness (QED) is 0.129. The molecule has 2 amide bonds. The minimum absolute atomic E-state index is 0.0726. The second-order valence-electron chi connectivity index (χ2n) is 14.3. The predicted octanol–water partition coefficient (Wildman–Crippen LogP) is 6.08. The molecule has 9 nitrogen and oxygen atoms in total. The summed E-state index contributed by atoms with van der Waals surface area (Å²) in [6.07, 6.45) is 3.09. The van der Waals surface area contributed by atoms with Crippen molar-refractivity contribution in [2.45, 2.75) is 77.0 Å². The van der Waals surface area contributed by atoms with Crippen molar-refractivity contribution in [3.05, 3.63) is 108 Å². The summed E-state index contributed by atoms with van der Waals surface area (Å²) >= 11 is 0. The molecular weight excluding hydrogens is 624 g/mol. The Kier molecular flexibility index (Phi) is 11.1. The van der Waals surface area contributed by atoms with Gasteiger partial charge in [-0.15, -0.1) is 0 Å². The SMILES string of the molecule is Cc1cc(NCCC[C@H]2CN(C(=O)C(N)Cc3ccc4ccccc4c3)[C@H](CC(C)C)CN2C(=O)C(N)Cc2ccc3ccccc3c2)on1. The van der Waals surface area contributed by atoms with Gasteiger partial charge in [-0.1, -0.05) is 104 Å². The number of nitrogens with two attached hydrogens (primary N) is 2. The lowest BCUT2D eigenvalue weighted by Gasteiger charge is -2.48. The number of nitrogens with zero attached hydrogens (tertiary/aromatic N) is 3. The van der Waals surface area contributed by atoms with Crippen LogP contribution in [0.25, 0.3) is 21.5 Å². The van der Waals surface area contributed by atoms with Crippen molar-refractivity contribution in [3.8, 4) is 0 Å². The molecule has 2 unspecified atom stereocenters. The van der Waals surface area contributed by atoms with Crippen LogP contribution in [-0.2, 0) is 22.4 Å². The number of rotatable bonds is 13. The third-order valence-electron chi connectivity index (χ3n) is 9.82. The van der Waals surface area contributed by atoms with Gasteiger partial charge in [0.15, 0.2) is 0 Å². The van der Waals surface area contributed by atoms with Gasteiger partial charge in [-0.3, -0.25) is 9.59 Å². The third-order valence-corrected chi connectivity index (χ3v) is 9.82. The Morgan fingerprint density at radius 2 is 1.30 bits per heavy atom. The van der Waals surface area contributed by atoms with Gasteiger partial charge < -0.3 is 31.1 Å². The van der Waals surface area contributed by atoms with Gasteiger partial charge in [-0.25, -0.2) is 0 Å². The molecule has 9 heteroatoms. The summed E-state index contributed by atoms with van der Waals surface area (Å²) in [5.74, 6) is 0.784. The van der Waals surface area contributed by atoms with Crippen LogP contribution in [0.4, 0.5) is 5.88 Å². The molecule has 0 bridgehead atoms. The highest BCUT2D eigenvalue weighted by atomic mass is 16.5. The number of aromatic nitrogens is 1. The fraction of sp³-hybridized carbons (Fsp3) is 0.390. The number of hydrogen-bond acceptors (Lipinski definition) is 7. The van der Waals surface area contributed by atoms with E-state index in [1.165, 1.54) is 0 Å². The molecule has 0 aliphatic carbocycles. The summed E-state index contributed by atoms with van der Waals surface area (Å²) < 4.78 is 5.32. The van der Waals surface area contributed by atoms with Gasteiger partial charge in [-0.2, -0.15) is 0 Å². The van der Waals surface area contributed by atoms with E-state index >= 15 is 0 Å². The Bertz CT molecular complexity index is 1920. The van der Waals surface area contributed by atoms with Crippen molar-refractivity contribution in [1.82, 2.24) is 15.0 Å². The van der Waals surface area contributed by atoms with E-state index < -0.39 is 12.1 Å². The number of amides is 2. The number of piperazine rings is 1. The van der Waals surface area contributed by atoms with Crippen molar-refractivity contribution in [1.29, 1.82) is 0 Å². The second-order valence-corrected chi connectivity index (χ2v) is 14.3. The van der Waals surface area contributed by atoms with Gasteiger partial charge in [0.1, 0.15) is 0 Å². The molecule has 1 aliphatic heterocycles. The monoisotopic (exact) mass is 674 g/mol. The van der Waals surface area contributed by atoms with E-state index in [4.69, 9.17) is 16.0 Å². The van der Waals surface area contributed by atoms with Crippen LogP contribution in [0.5, 0.6) is 0 Å². The average Bonchev–Trinajstić information content (AvgIpc) is 3.53. The first-order valence-corrected chi connectivity index (χ1v) is 17.9. The van der Waals surface area contributed by atoms with E-state index in [9.17, 15) is 9.59 Å². The first kappa shape index (κ1) is 35.1. The number of nitrogens with one attached hydrogen (secondary N) is 1.